The molecule has 2 aromatic carbocycles. The van der Waals surface area contributed by atoms with Crippen molar-refractivity contribution in [3.63, 3.8) is 0 Å². The lowest BCUT2D eigenvalue weighted by Crippen LogP contribution is -2.22. The highest BCUT2D eigenvalue weighted by molar-refractivity contribution is 5.65. The van der Waals surface area contributed by atoms with Crippen LogP contribution in [-0.4, -0.2) is 0 Å². The van der Waals surface area contributed by atoms with E-state index in [4.69, 9.17) is 0 Å². The summed E-state index contributed by atoms with van der Waals surface area (Å²) in [5.41, 5.74) is 5.72. The minimum Gasteiger partial charge on any atom is -0.355 e. The van der Waals surface area contributed by atoms with Crippen molar-refractivity contribution in [1.29, 1.82) is 0 Å². The molecule has 2 aromatic rings. The van der Waals surface area contributed by atoms with Crippen LogP contribution in [0, 0.1) is 0 Å². The van der Waals surface area contributed by atoms with Gasteiger partial charge < -0.3 is 5.32 Å². The van der Waals surface area contributed by atoms with E-state index in [0.717, 1.165) is 5.69 Å². The third-order valence-electron chi connectivity index (χ3n) is 6.39. The molecule has 0 radical (unpaired) electrons. The normalized spacial score (nSPS) is 12.2. The van der Waals surface area contributed by atoms with Crippen LogP contribution < -0.4 is 5.32 Å². The molecule has 29 heavy (non-hydrogen) atoms. The zero-order valence-corrected chi connectivity index (χ0v) is 19.8. The van der Waals surface area contributed by atoms with Crippen LogP contribution in [0.25, 0.3) is 0 Å². The zero-order valence-electron chi connectivity index (χ0n) is 19.8. The molecule has 0 saturated carbocycles. The average molecular weight is 394 g/mol. The quantitative estimate of drug-likeness (QED) is 0.354. The number of para-hydroxylation sites is 1. The van der Waals surface area contributed by atoms with Gasteiger partial charge in [0.25, 0.3) is 0 Å². The van der Waals surface area contributed by atoms with Gasteiger partial charge in [-0.15, -0.1) is 0 Å². The van der Waals surface area contributed by atoms with Crippen molar-refractivity contribution >= 4 is 11.4 Å². The Kier molecular flexibility index (Phi) is 8.80. The van der Waals surface area contributed by atoms with Crippen molar-refractivity contribution in [1.82, 2.24) is 0 Å². The molecule has 0 heterocycles. The number of benzene rings is 2. The Morgan fingerprint density at radius 1 is 0.690 bits per heavy atom. The molecule has 0 spiro atoms. The molecule has 0 unspecified atom stereocenters. The summed E-state index contributed by atoms with van der Waals surface area (Å²) < 4.78 is 0. The SMILES string of the molecule is CCCCCC(C)(C)c1ccc(Nc2ccccc2)c(C(C)(C)CCCCC)c1. The zero-order chi connectivity index (χ0) is 21.3. The highest BCUT2D eigenvalue weighted by atomic mass is 14.9. The molecule has 0 fully saturated rings. The summed E-state index contributed by atoms with van der Waals surface area (Å²) in [5, 5.41) is 3.70. The summed E-state index contributed by atoms with van der Waals surface area (Å²) in [6.07, 6.45) is 10.3. The van der Waals surface area contributed by atoms with Crippen LogP contribution in [-0.2, 0) is 10.8 Å². The predicted molar refractivity (Wildman–Crippen MR) is 131 cm³/mol. The Bertz CT molecular complexity index is 727. The van der Waals surface area contributed by atoms with Crippen LogP contribution >= 0.6 is 0 Å². The fraction of sp³-hybridized carbons (Fsp3) is 0.571. The van der Waals surface area contributed by atoms with Crippen molar-refractivity contribution < 1.29 is 0 Å². The second kappa shape index (κ2) is 10.9. The number of hydrogen-bond acceptors (Lipinski definition) is 1. The van der Waals surface area contributed by atoms with Gasteiger partial charge in [-0.05, 0) is 53.0 Å². The van der Waals surface area contributed by atoms with E-state index >= 15 is 0 Å². The Balaban J connectivity index is 2.37. The molecule has 160 valence electrons. The summed E-state index contributed by atoms with van der Waals surface area (Å²) in [6.45, 7) is 14.2. The summed E-state index contributed by atoms with van der Waals surface area (Å²) >= 11 is 0. The molecule has 1 N–H and O–H groups in total. The van der Waals surface area contributed by atoms with Crippen molar-refractivity contribution in [2.24, 2.45) is 0 Å². The van der Waals surface area contributed by atoms with Crippen molar-refractivity contribution in [2.75, 3.05) is 5.32 Å². The van der Waals surface area contributed by atoms with Gasteiger partial charge in [0.1, 0.15) is 0 Å². The van der Waals surface area contributed by atoms with Gasteiger partial charge in [-0.2, -0.15) is 0 Å². The number of anilines is 2. The van der Waals surface area contributed by atoms with Gasteiger partial charge in [0.15, 0.2) is 0 Å². The van der Waals surface area contributed by atoms with Crippen LogP contribution in [0.4, 0.5) is 11.4 Å². The van der Waals surface area contributed by atoms with E-state index in [0.29, 0.717) is 0 Å². The van der Waals surface area contributed by atoms with Gasteiger partial charge in [0, 0.05) is 11.4 Å². The molecule has 0 amide bonds. The predicted octanol–water partition coefficient (Wildman–Crippen LogP) is 9.15. The largest absolute Gasteiger partial charge is 0.355 e. The van der Waals surface area contributed by atoms with Gasteiger partial charge in [0.05, 0.1) is 0 Å². The fourth-order valence-electron chi connectivity index (χ4n) is 4.22. The average Bonchev–Trinajstić information content (AvgIpc) is 2.69. The maximum absolute atomic E-state index is 3.70. The molecular formula is C28H43N. The second-order valence-electron chi connectivity index (χ2n) is 9.93. The van der Waals surface area contributed by atoms with E-state index in [1.54, 1.807) is 0 Å². The summed E-state index contributed by atoms with van der Waals surface area (Å²) in [5.74, 6) is 0. The highest BCUT2D eigenvalue weighted by Crippen LogP contribution is 2.39. The van der Waals surface area contributed by atoms with Gasteiger partial charge in [-0.25, -0.2) is 0 Å². The van der Waals surface area contributed by atoms with E-state index in [9.17, 15) is 0 Å². The number of rotatable bonds is 12. The van der Waals surface area contributed by atoms with Crippen LogP contribution in [0.3, 0.4) is 0 Å². The highest BCUT2D eigenvalue weighted by Gasteiger charge is 2.27. The van der Waals surface area contributed by atoms with Crippen LogP contribution in [0.15, 0.2) is 48.5 Å². The number of nitrogens with one attached hydrogen (secondary N) is 1. The topological polar surface area (TPSA) is 12.0 Å². The van der Waals surface area contributed by atoms with Gasteiger partial charge in [-0.3, -0.25) is 0 Å². The Morgan fingerprint density at radius 3 is 1.86 bits per heavy atom. The minimum absolute atomic E-state index is 0.155. The minimum atomic E-state index is 0.155. The summed E-state index contributed by atoms with van der Waals surface area (Å²) in [7, 11) is 0. The number of unbranched alkanes of at least 4 members (excludes halogenated alkanes) is 4. The molecule has 0 aromatic heterocycles. The lowest BCUT2D eigenvalue weighted by atomic mass is 9.74. The van der Waals surface area contributed by atoms with E-state index in [-0.39, 0.29) is 10.8 Å². The van der Waals surface area contributed by atoms with Crippen LogP contribution in [0.2, 0.25) is 0 Å². The summed E-state index contributed by atoms with van der Waals surface area (Å²) in [6, 6.07) is 17.7. The first-order valence-corrected chi connectivity index (χ1v) is 11.8. The van der Waals surface area contributed by atoms with Crippen LogP contribution in [0.5, 0.6) is 0 Å². The maximum Gasteiger partial charge on any atom is 0.0422 e. The smallest absolute Gasteiger partial charge is 0.0422 e. The van der Waals surface area contributed by atoms with Crippen molar-refractivity contribution in [3.8, 4) is 0 Å². The Labute approximate surface area is 180 Å². The number of hydrogen-bond donors (Lipinski definition) is 1. The molecular weight excluding hydrogens is 350 g/mol. The first kappa shape index (κ1) is 23.5. The molecule has 0 aliphatic rings. The lowest BCUT2D eigenvalue weighted by molar-refractivity contribution is 0.438. The first-order valence-electron chi connectivity index (χ1n) is 11.8. The van der Waals surface area contributed by atoms with Gasteiger partial charge >= 0.3 is 0 Å². The first-order chi connectivity index (χ1) is 13.8. The lowest BCUT2D eigenvalue weighted by Gasteiger charge is -2.32. The molecule has 1 heteroatoms. The van der Waals surface area contributed by atoms with E-state index in [2.05, 4.69) is 95.4 Å². The van der Waals surface area contributed by atoms with E-state index in [1.165, 1.54) is 68.2 Å². The standard InChI is InChI=1S/C28H43N/c1-7-9-14-20-27(3,4)23-18-19-26(29-24-16-12-11-13-17-24)25(22-23)28(5,6)21-15-10-8-2/h11-13,16-19,22,29H,7-10,14-15,20-21H2,1-6H3. The molecule has 1 nitrogen and oxygen atoms in total. The molecule has 0 aliphatic carbocycles. The Morgan fingerprint density at radius 2 is 1.28 bits per heavy atom. The third-order valence-corrected chi connectivity index (χ3v) is 6.39. The van der Waals surface area contributed by atoms with Crippen molar-refractivity contribution in [2.45, 2.75) is 104 Å². The Hall–Kier alpha value is -1.76. The molecule has 0 saturated heterocycles. The summed E-state index contributed by atoms with van der Waals surface area (Å²) in [4.78, 5) is 0. The molecule has 0 aliphatic heterocycles. The fourth-order valence-corrected chi connectivity index (χ4v) is 4.22. The van der Waals surface area contributed by atoms with E-state index < -0.39 is 0 Å². The molecule has 0 bridgehead atoms. The molecule has 0 atom stereocenters. The van der Waals surface area contributed by atoms with Gasteiger partial charge in [-0.1, -0.05) is 110 Å². The second-order valence-corrected chi connectivity index (χ2v) is 9.93. The van der Waals surface area contributed by atoms with Crippen molar-refractivity contribution in [3.05, 3.63) is 59.7 Å². The van der Waals surface area contributed by atoms with E-state index in [1.807, 2.05) is 0 Å². The third kappa shape index (κ3) is 6.91. The molecule has 2 rings (SSSR count). The maximum atomic E-state index is 3.70. The van der Waals surface area contributed by atoms with Gasteiger partial charge in [0.2, 0.25) is 0 Å². The monoisotopic (exact) mass is 393 g/mol. The van der Waals surface area contributed by atoms with Crippen LogP contribution in [0.1, 0.15) is 104 Å².